The molecule has 0 aromatic heterocycles. The zero-order chi connectivity index (χ0) is 11.8. The van der Waals surface area contributed by atoms with E-state index in [-0.39, 0.29) is 19.3 Å². The van der Waals surface area contributed by atoms with E-state index in [1.54, 1.807) is 0 Å². The molecule has 86 valence electrons. The molecule has 0 saturated heterocycles. The second kappa shape index (κ2) is 6.80. The van der Waals surface area contributed by atoms with Gasteiger partial charge < -0.3 is 14.6 Å². The van der Waals surface area contributed by atoms with E-state index in [0.717, 1.165) is 0 Å². The van der Waals surface area contributed by atoms with Crippen molar-refractivity contribution in [1.82, 2.24) is 0 Å². The van der Waals surface area contributed by atoms with Crippen LogP contribution in [0.4, 0.5) is 0 Å². The summed E-state index contributed by atoms with van der Waals surface area (Å²) in [6.07, 6.45) is -0.190. The van der Waals surface area contributed by atoms with Crippen LogP contribution in [-0.2, 0) is 23.9 Å². The van der Waals surface area contributed by atoms with Crippen LogP contribution in [0, 0.1) is 5.92 Å². The van der Waals surface area contributed by atoms with Crippen molar-refractivity contribution in [3.05, 3.63) is 0 Å². The molecule has 0 bridgehead atoms. The van der Waals surface area contributed by atoms with Crippen molar-refractivity contribution in [2.75, 3.05) is 14.2 Å². The van der Waals surface area contributed by atoms with Crippen LogP contribution < -0.4 is 0 Å². The number of carboxylic acids is 1. The van der Waals surface area contributed by atoms with Gasteiger partial charge in [-0.15, -0.1) is 0 Å². The molecule has 0 radical (unpaired) electrons. The number of hydrogen-bond acceptors (Lipinski definition) is 5. The van der Waals surface area contributed by atoms with Crippen molar-refractivity contribution in [1.29, 1.82) is 0 Å². The predicted molar refractivity (Wildman–Crippen MR) is 49.0 cm³/mol. The summed E-state index contributed by atoms with van der Waals surface area (Å²) in [4.78, 5) is 32.3. The Morgan fingerprint density at radius 1 is 1.13 bits per heavy atom. The molecule has 1 atom stereocenters. The van der Waals surface area contributed by atoms with Crippen LogP contribution in [0.5, 0.6) is 0 Å². The van der Waals surface area contributed by atoms with Gasteiger partial charge in [0, 0.05) is 6.42 Å². The first kappa shape index (κ1) is 13.4. The summed E-state index contributed by atoms with van der Waals surface area (Å²) in [5.74, 6) is -3.13. The number of methoxy groups -OCH3 is 2. The zero-order valence-electron chi connectivity index (χ0n) is 8.69. The van der Waals surface area contributed by atoms with Gasteiger partial charge in [-0.3, -0.25) is 14.4 Å². The summed E-state index contributed by atoms with van der Waals surface area (Å²) < 4.78 is 8.71. The SMILES string of the molecule is COC(=O)CC[C@@H](CC(=O)OC)C(=O)O. The molecule has 0 fully saturated rings. The lowest BCUT2D eigenvalue weighted by Gasteiger charge is -2.09. The Morgan fingerprint density at radius 2 is 1.67 bits per heavy atom. The average Bonchev–Trinajstić information content (AvgIpc) is 2.22. The predicted octanol–water partition coefficient (Wildman–Crippen LogP) is 0.203. The monoisotopic (exact) mass is 218 g/mol. The van der Waals surface area contributed by atoms with Crippen LogP contribution in [0.3, 0.4) is 0 Å². The summed E-state index contributed by atoms with van der Waals surface area (Å²) in [6.45, 7) is 0. The Morgan fingerprint density at radius 3 is 2.07 bits per heavy atom. The quantitative estimate of drug-likeness (QED) is 0.640. The molecule has 0 amide bonds. The molecule has 6 nitrogen and oxygen atoms in total. The van der Waals surface area contributed by atoms with Gasteiger partial charge in [-0.05, 0) is 6.42 Å². The van der Waals surface area contributed by atoms with E-state index >= 15 is 0 Å². The van der Waals surface area contributed by atoms with E-state index in [4.69, 9.17) is 5.11 Å². The molecule has 0 aromatic carbocycles. The molecule has 0 aromatic rings. The molecule has 0 spiro atoms. The highest BCUT2D eigenvalue weighted by Gasteiger charge is 2.22. The van der Waals surface area contributed by atoms with Crippen molar-refractivity contribution in [2.24, 2.45) is 5.92 Å². The third-order valence-corrected chi connectivity index (χ3v) is 1.91. The van der Waals surface area contributed by atoms with E-state index in [9.17, 15) is 14.4 Å². The third-order valence-electron chi connectivity index (χ3n) is 1.91. The molecule has 0 rings (SSSR count). The molecule has 0 aliphatic carbocycles. The first-order valence-electron chi connectivity index (χ1n) is 4.37. The summed E-state index contributed by atoms with van der Waals surface area (Å²) in [7, 11) is 2.40. The van der Waals surface area contributed by atoms with Gasteiger partial charge in [-0.2, -0.15) is 0 Å². The smallest absolute Gasteiger partial charge is 0.307 e. The lowest BCUT2D eigenvalue weighted by molar-refractivity contribution is -0.151. The van der Waals surface area contributed by atoms with Crippen LogP contribution in [0.1, 0.15) is 19.3 Å². The Hall–Kier alpha value is -1.59. The van der Waals surface area contributed by atoms with Gasteiger partial charge in [0.05, 0.1) is 26.6 Å². The third kappa shape index (κ3) is 5.66. The van der Waals surface area contributed by atoms with E-state index in [2.05, 4.69) is 9.47 Å². The van der Waals surface area contributed by atoms with E-state index in [1.165, 1.54) is 14.2 Å². The molecule has 0 aliphatic heterocycles. The van der Waals surface area contributed by atoms with Crippen LogP contribution in [-0.4, -0.2) is 37.2 Å². The largest absolute Gasteiger partial charge is 0.481 e. The topological polar surface area (TPSA) is 89.9 Å². The van der Waals surface area contributed by atoms with Crippen LogP contribution in [0.2, 0.25) is 0 Å². The van der Waals surface area contributed by atoms with Gasteiger partial charge in [0.25, 0.3) is 0 Å². The first-order valence-corrected chi connectivity index (χ1v) is 4.37. The molecule has 6 heteroatoms. The molecule has 0 aliphatic rings. The fourth-order valence-corrected chi connectivity index (χ4v) is 0.992. The first-order chi connectivity index (χ1) is 7.01. The normalized spacial score (nSPS) is 11.6. The minimum Gasteiger partial charge on any atom is -0.481 e. The van der Waals surface area contributed by atoms with E-state index < -0.39 is 23.8 Å². The van der Waals surface area contributed by atoms with E-state index in [1.807, 2.05) is 0 Å². The van der Waals surface area contributed by atoms with Crippen LogP contribution in [0.15, 0.2) is 0 Å². The van der Waals surface area contributed by atoms with Crippen molar-refractivity contribution in [3.8, 4) is 0 Å². The molecule has 15 heavy (non-hydrogen) atoms. The molecule has 0 heterocycles. The van der Waals surface area contributed by atoms with Crippen LogP contribution in [0.25, 0.3) is 0 Å². The minimum atomic E-state index is -1.12. The van der Waals surface area contributed by atoms with Crippen molar-refractivity contribution >= 4 is 17.9 Å². The van der Waals surface area contributed by atoms with Crippen molar-refractivity contribution in [2.45, 2.75) is 19.3 Å². The van der Waals surface area contributed by atoms with Gasteiger partial charge in [0.1, 0.15) is 0 Å². The molecular weight excluding hydrogens is 204 g/mol. The molecule has 0 saturated carbocycles. The van der Waals surface area contributed by atoms with Gasteiger partial charge >= 0.3 is 17.9 Å². The summed E-state index contributed by atoms with van der Waals surface area (Å²) >= 11 is 0. The van der Waals surface area contributed by atoms with Gasteiger partial charge in [-0.25, -0.2) is 0 Å². The number of ether oxygens (including phenoxy) is 2. The van der Waals surface area contributed by atoms with Crippen molar-refractivity contribution in [3.63, 3.8) is 0 Å². The lowest BCUT2D eigenvalue weighted by Crippen LogP contribution is -2.20. The number of carboxylic acid groups (broad SMARTS) is 1. The minimum absolute atomic E-state index is 0.0234. The second-order valence-corrected chi connectivity index (χ2v) is 2.93. The number of carbonyl (C=O) groups is 3. The Labute approximate surface area is 87.2 Å². The van der Waals surface area contributed by atoms with Crippen molar-refractivity contribution < 1.29 is 29.0 Å². The molecule has 1 N–H and O–H groups in total. The number of rotatable bonds is 6. The molecular formula is C9H14O6. The number of esters is 2. The average molecular weight is 218 g/mol. The Bertz CT molecular complexity index is 247. The Kier molecular flexibility index (Phi) is 6.08. The summed E-state index contributed by atoms with van der Waals surface area (Å²) in [6, 6.07) is 0. The Balaban J connectivity index is 4.11. The van der Waals surface area contributed by atoms with Gasteiger partial charge in [0.15, 0.2) is 0 Å². The lowest BCUT2D eigenvalue weighted by atomic mass is 10.00. The number of hydrogen-bond donors (Lipinski definition) is 1. The highest BCUT2D eigenvalue weighted by Crippen LogP contribution is 2.12. The fraction of sp³-hybridized carbons (Fsp3) is 0.667. The fourth-order valence-electron chi connectivity index (χ4n) is 0.992. The number of aliphatic carboxylic acids is 1. The highest BCUT2D eigenvalue weighted by molar-refractivity contribution is 5.79. The standard InChI is InChI=1S/C9H14O6/c1-14-7(10)4-3-6(9(12)13)5-8(11)15-2/h6H,3-5H2,1-2H3,(H,12,13)/t6-/m0/s1. The van der Waals surface area contributed by atoms with Gasteiger partial charge in [-0.1, -0.05) is 0 Å². The maximum atomic E-state index is 10.8. The van der Waals surface area contributed by atoms with Crippen LogP contribution >= 0.6 is 0 Å². The summed E-state index contributed by atoms with van der Waals surface area (Å²) in [5, 5.41) is 8.74. The molecule has 0 unspecified atom stereocenters. The number of carbonyl (C=O) groups excluding carboxylic acids is 2. The zero-order valence-corrected chi connectivity index (χ0v) is 8.69. The summed E-state index contributed by atoms with van der Waals surface area (Å²) in [5.41, 5.74) is 0. The van der Waals surface area contributed by atoms with E-state index in [0.29, 0.717) is 0 Å². The highest BCUT2D eigenvalue weighted by atomic mass is 16.5. The second-order valence-electron chi connectivity index (χ2n) is 2.93. The maximum absolute atomic E-state index is 10.8. The maximum Gasteiger partial charge on any atom is 0.307 e. The van der Waals surface area contributed by atoms with Gasteiger partial charge in [0.2, 0.25) is 0 Å².